The van der Waals surface area contributed by atoms with Crippen LogP contribution in [0.1, 0.15) is 49.4 Å². The molecule has 1 N–H and O–H groups in total. The van der Waals surface area contributed by atoms with Crippen molar-refractivity contribution in [1.82, 2.24) is 10.2 Å². The molecule has 100 valence electrons. The van der Waals surface area contributed by atoms with E-state index in [0.717, 1.165) is 13.1 Å². The zero-order valence-corrected chi connectivity index (χ0v) is 12.0. The second-order valence-electron chi connectivity index (χ2n) is 5.38. The molecule has 0 saturated heterocycles. The Hall–Kier alpha value is -0.860. The van der Waals surface area contributed by atoms with Gasteiger partial charge in [-0.1, -0.05) is 37.6 Å². The summed E-state index contributed by atoms with van der Waals surface area (Å²) in [5.41, 5.74) is 4.40. The van der Waals surface area contributed by atoms with Crippen molar-refractivity contribution in [2.24, 2.45) is 0 Å². The molecule has 0 amide bonds. The Morgan fingerprint density at radius 3 is 2.61 bits per heavy atom. The van der Waals surface area contributed by atoms with E-state index in [4.69, 9.17) is 0 Å². The van der Waals surface area contributed by atoms with Crippen molar-refractivity contribution in [2.75, 3.05) is 19.6 Å². The quantitative estimate of drug-likeness (QED) is 0.858. The Kier molecular flexibility index (Phi) is 4.79. The van der Waals surface area contributed by atoms with Crippen LogP contribution in [0.5, 0.6) is 0 Å². The van der Waals surface area contributed by atoms with Crippen LogP contribution in [0.2, 0.25) is 0 Å². The first-order chi connectivity index (χ1) is 8.76. The number of benzene rings is 1. The van der Waals surface area contributed by atoms with Crippen LogP contribution in [0.4, 0.5) is 0 Å². The zero-order chi connectivity index (χ0) is 13.0. The first-order valence-corrected chi connectivity index (χ1v) is 7.30. The summed E-state index contributed by atoms with van der Waals surface area (Å²) >= 11 is 0. The van der Waals surface area contributed by atoms with E-state index in [1.807, 2.05) is 0 Å². The Labute approximate surface area is 111 Å². The second kappa shape index (κ2) is 6.35. The average molecular weight is 246 g/mol. The Bertz CT molecular complexity index is 381. The molecule has 1 aliphatic heterocycles. The van der Waals surface area contributed by atoms with Crippen molar-refractivity contribution in [3.63, 3.8) is 0 Å². The van der Waals surface area contributed by atoms with Crippen molar-refractivity contribution >= 4 is 0 Å². The summed E-state index contributed by atoms with van der Waals surface area (Å²) < 4.78 is 0. The summed E-state index contributed by atoms with van der Waals surface area (Å²) in [6.07, 6.45) is 2.47. The van der Waals surface area contributed by atoms with Crippen molar-refractivity contribution in [3.05, 3.63) is 34.9 Å². The number of hydrogen-bond donors (Lipinski definition) is 1. The Morgan fingerprint density at radius 2 is 1.94 bits per heavy atom. The lowest BCUT2D eigenvalue weighted by Crippen LogP contribution is -2.40. The van der Waals surface area contributed by atoms with E-state index >= 15 is 0 Å². The number of fused-ring (bicyclic) bond motifs is 1. The van der Waals surface area contributed by atoms with Crippen molar-refractivity contribution in [2.45, 2.75) is 46.2 Å². The smallest absolute Gasteiger partial charge is 0.0476 e. The van der Waals surface area contributed by atoms with Gasteiger partial charge in [0.15, 0.2) is 0 Å². The van der Waals surface area contributed by atoms with Gasteiger partial charge < -0.3 is 5.32 Å². The number of nitrogens with one attached hydrogen (secondary N) is 1. The molecule has 0 unspecified atom stereocenters. The molecule has 0 bridgehead atoms. The van der Waals surface area contributed by atoms with Gasteiger partial charge in [-0.2, -0.15) is 0 Å². The highest BCUT2D eigenvalue weighted by molar-refractivity contribution is 5.35. The van der Waals surface area contributed by atoms with Crippen LogP contribution in [0.25, 0.3) is 0 Å². The molecule has 0 aliphatic carbocycles. The molecule has 1 aromatic carbocycles. The van der Waals surface area contributed by atoms with Gasteiger partial charge in [-0.15, -0.1) is 0 Å². The van der Waals surface area contributed by atoms with Crippen LogP contribution >= 0.6 is 0 Å². The molecular weight excluding hydrogens is 220 g/mol. The van der Waals surface area contributed by atoms with E-state index in [1.54, 1.807) is 5.56 Å². The summed E-state index contributed by atoms with van der Waals surface area (Å²) in [6, 6.07) is 7.50. The maximum Gasteiger partial charge on any atom is 0.0476 e. The molecule has 0 radical (unpaired) electrons. The Balaban J connectivity index is 2.24. The highest BCUT2D eigenvalue weighted by atomic mass is 15.2. The summed E-state index contributed by atoms with van der Waals surface area (Å²) in [4.78, 5) is 2.64. The third kappa shape index (κ3) is 2.93. The molecule has 0 aromatic heterocycles. The van der Waals surface area contributed by atoms with E-state index in [2.05, 4.69) is 49.2 Å². The molecule has 1 heterocycles. The summed E-state index contributed by atoms with van der Waals surface area (Å²) in [6.45, 7) is 11.3. The number of aryl methyl sites for hydroxylation is 1. The van der Waals surface area contributed by atoms with Gasteiger partial charge in [-0.3, -0.25) is 4.90 Å². The predicted molar refractivity (Wildman–Crippen MR) is 77.8 cm³/mol. The fourth-order valence-corrected chi connectivity index (χ4v) is 2.99. The molecule has 0 fully saturated rings. The minimum Gasteiger partial charge on any atom is -0.311 e. The largest absolute Gasteiger partial charge is 0.311 e. The fourth-order valence-electron chi connectivity index (χ4n) is 2.99. The molecule has 2 rings (SSSR count). The Morgan fingerprint density at radius 1 is 1.22 bits per heavy atom. The lowest BCUT2D eigenvalue weighted by molar-refractivity contribution is 0.185. The van der Waals surface area contributed by atoms with E-state index in [0.29, 0.717) is 6.04 Å². The van der Waals surface area contributed by atoms with Gasteiger partial charge in [0.1, 0.15) is 0 Å². The highest BCUT2D eigenvalue weighted by Crippen LogP contribution is 2.28. The molecule has 2 nitrogen and oxygen atoms in total. The van der Waals surface area contributed by atoms with Crippen molar-refractivity contribution in [3.8, 4) is 0 Å². The van der Waals surface area contributed by atoms with Crippen molar-refractivity contribution in [1.29, 1.82) is 0 Å². The second-order valence-corrected chi connectivity index (χ2v) is 5.38. The van der Waals surface area contributed by atoms with Crippen LogP contribution in [-0.4, -0.2) is 24.5 Å². The average Bonchev–Trinajstić information content (AvgIpc) is 2.37. The summed E-state index contributed by atoms with van der Waals surface area (Å²) in [7, 11) is 0. The minimum atomic E-state index is 0.564. The summed E-state index contributed by atoms with van der Waals surface area (Å²) in [5, 5.41) is 3.57. The van der Waals surface area contributed by atoms with Crippen LogP contribution in [0.3, 0.4) is 0 Å². The number of rotatable bonds is 5. The fraction of sp³-hybridized carbons (Fsp3) is 0.625. The van der Waals surface area contributed by atoms with Gasteiger partial charge in [0.2, 0.25) is 0 Å². The highest BCUT2D eigenvalue weighted by Gasteiger charge is 2.24. The van der Waals surface area contributed by atoms with E-state index in [9.17, 15) is 0 Å². The molecule has 0 saturated carbocycles. The molecule has 1 aliphatic rings. The molecule has 1 aromatic rings. The normalized spacial score (nSPS) is 19.0. The van der Waals surface area contributed by atoms with Crippen LogP contribution < -0.4 is 5.32 Å². The topological polar surface area (TPSA) is 15.3 Å². The number of hydrogen-bond acceptors (Lipinski definition) is 2. The number of nitrogens with zero attached hydrogens (tertiary/aromatic N) is 1. The molecule has 0 spiro atoms. The van der Waals surface area contributed by atoms with E-state index < -0.39 is 0 Å². The van der Waals surface area contributed by atoms with Crippen molar-refractivity contribution < 1.29 is 0 Å². The first-order valence-electron chi connectivity index (χ1n) is 7.30. The lowest BCUT2D eigenvalue weighted by Gasteiger charge is -2.36. The SMILES string of the molecule is CCCN(CCC)[C@H]1CNCc2cc(C)ccc21. The maximum atomic E-state index is 3.57. The summed E-state index contributed by atoms with van der Waals surface area (Å²) in [5.74, 6) is 0. The third-order valence-electron chi connectivity index (χ3n) is 3.77. The minimum absolute atomic E-state index is 0.564. The third-order valence-corrected chi connectivity index (χ3v) is 3.77. The molecule has 18 heavy (non-hydrogen) atoms. The maximum absolute atomic E-state index is 3.57. The van der Waals surface area contributed by atoms with Crippen LogP contribution in [0, 0.1) is 6.92 Å². The van der Waals surface area contributed by atoms with Gasteiger partial charge >= 0.3 is 0 Å². The molecule has 2 heteroatoms. The predicted octanol–water partition coefficient (Wildman–Crippen LogP) is 3.26. The van der Waals surface area contributed by atoms with Gasteiger partial charge in [-0.05, 0) is 44.0 Å². The lowest BCUT2D eigenvalue weighted by atomic mass is 9.93. The van der Waals surface area contributed by atoms with Gasteiger partial charge in [0.25, 0.3) is 0 Å². The zero-order valence-electron chi connectivity index (χ0n) is 12.0. The monoisotopic (exact) mass is 246 g/mol. The first kappa shape index (κ1) is 13.6. The van der Waals surface area contributed by atoms with Crippen LogP contribution in [-0.2, 0) is 6.54 Å². The molecular formula is C16H26N2. The van der Waals surface area contributed by atoms with E-state index in [-0.39, 0.29) is 0 Å². The van der Waals surface area contributed by atoms with Gasteiger partial charge in [0.05, 0.1) is 0 Å². The molecule has 1 atom stereocenters. The van der Waals surface area contributed by atoms with E-state index in [1.165, 1.54) is 37.1 Å². The van der Waals surface area contributed by atoms with Crippen LogP contribution in [0.15, 0.2) is 18.2 Å². The van der Waals surface area contributed by atoms with Gasteiger partial charge in [-0.25, -0.2) is 0 Å². The standard InChI is InChI=1S/C16H26N2/c1-4-8-18(9-5-2)16-12-17-11-14-10-13(3)6-7-15(14)16/h6-7,10,16-17H,4-5,8-9,11-12H2,1-3H3/t16-/m0/s1. The van der Waals surface area contributed by atoms with Gasteiger partial charge in [0, 0.05) is 19.1 Å².